The summed E-state index contributed by atoms with van der Waals surface area (Å²) in [5, 5.41) is 0. The molecule has 1 heterocycles. The van der Waals surface area contributed by atoms with Crippen molar-refractivity contribution in [3.05, 3.63) is 23.9 Å². The van der Waals surface area contributed by atoms with Crippen molar-refractivity contribution in [1.82, 2.24) is 9.71 Å². The van der Waals surface area contributed by atoms with Gasteiger partial charge in [-0.2, -0.15) is 13.1 Å². The molecular formula is C11H14N4O2S. The average Bonchev–Trinajstić information content (AvgIpc) is 3.09. The summed E-state index contributed by atoms with van der Waals surface area (Å²) in [7, 11) is -3.54. The monoisotopic (exact) mass is 266 g/mol. The highest BCUT2D eigenvalue weighted by molar-refractivity contribution is 7.90. The number of aromatic nitrogens is 1. The van der Waals surface area contributed by atoms with E-state index >= 15 is 0 Å². The first kappa shape index (κ1) is 12.8. The Morgan fingerprint density at radius 1 is 1.44 bits per heavy atom. The molecule has 18 heavy (non-hydrogen) atoms. The molecule has 0 radical (unpaired) electrons. The Labute approximate surface area is 106 Å². The van der Waals surface area contributed by atoms with Crippen molar-refractivity contribution in [3.63, 3.8) is 0 Å². The van der Waals surface area contributed by atoms with Crippen LogP contribution in [0.2, 0.25) is 0 Å². The molecule has 0 atom stereocenters. The molecule has 1 aromatic heterocycles. The summed E-state index contributed by atoms with van der Waals surface area (Å²) >= 11 is 0. The van der Waals surface area contributed by atoms with Crippen LogP contribution in [0.25, 0.3) is 0 Å². The minimum absolute atomic E-state index is 0.0581. The standard InChI is InChI=1S/C11H14N4O2S/c12-8-2-4-9-3-1-5-11(13-9)15-18(16,17)14-10-6-7-10/h1,3,5,10,14H,6-8,12H2,(H,13,15). The number of pyridine rings is 1. The molecular weight excluding hydrogens is 252 g/mol. The maximum absolute atomic E-state index is 11.7. The van der Waals surface area contributed by atoms with Crippen LogP contribution in [-0.4, -0.2) is 26.0 Å². The van der Waals surface area contributed by atoms with Gasteiger partial charge in [0.1, 0.15) is 11.5 Å². The summed E-state index contributed by atoms with van der Waals surface area (Å²) in [6.07, 6.45) is 1.77. The van der Waals surface area contributed by atoms with Crippen molar-refractivity contribution in [2.75, 3.05) is 11.3 Å². The van der Waals surface area contributed by atoms with E-state index in [1.165, 1.54) is 0 Å². The molecule has 0 spiro atoms. The minimum Gasteiger partial charge on any atom is -0.320 e. The maximum atomic E-state index is 11.7. The number of hydrogen-bond donors (Lipinski definition) is 3. The summed E-state index contributed by atoms with van der Waals surface area (Å²) in [6, 6.07) is 5.00. The second-order valence-electron chi connectivity index (χ2n) is 3.91. The Balaban J connectivity index is 2.08. The highest BCUT2D eigenvalue weighted by atomic mass is 32.2. The molecule has 0 bridgehead atoms. The van der Waals surface area contributed by atoms with E-state index in [1.807, 2.05) is 0 Å². The van der Waals surface area contributed by atoms with Crippen LogP contribution in [-0.2, 0) is 10.2 Å². The van der Waals surface area contributed by atoms with E-state index in [4.69, 9.17) is 5.73 Å². The van der Waals surface area contributed by atoms with Crippen LogP contribution in [0.4, 0.5) is 5.82 Å². The number of nitrogens with one attached hydrogen (secondary N) is 2. The third-order valence-electron chi connectivity index (χ3n) is 2.21. The SMILES string of the molecule is NCC#Cc1cccc(NS(=O)(=O)NC2CC2)n1. The van der Waals surface area contributed by atoms with Crippen molar-refractivity contribution in [1.29, 1.82) is 0 Å². The van der Waals surface area contributed by atoms with E-state index in [0.29, 0.717) is 5.69 Å². The Bertz CT molecular complexity index is 585. The van der Waals surface area contributed by atoms with Crippen LogP contribution in [0.3, 0.4) is 0 Å². The molecule has 0 amide bonds. The molecule has 4 N–H and O–H groups in total. The number of rotatable bonds is 4. The number of nitrogens with zero attached hydrogens (tertiary/aromatic N) is 1. The average molecular weight is 266 g/mol. The molecule has 2 rings (SSSR count). The summed E-state index contributed by atoms with van der Waals surface area (Å²) in [6.45, 7) is 0.237. The second-order valence-corrected chi connectivity index (χ2v) is 5.36. The van der Waals surface area contributed by atoms with Crippen molar-refractivity contribution in [2.45, 2.75) is 18.9 Å². The van der Waals surface area contributed by atoms with Gasteiger partial charge in [-0.15, -0.1) is 0 Å². The Morgan fingerprint density at radius 3 is 2.89 bits per heavy atom. The summed E-state index contributed by atoms with van der Waals surface area (Å²) in [4.78, 5) is 4.06. The predicted molar refractivity (Wildman–Crippen MR) is 68.9 cm³/mol. The summed E-state index contributed by atoms with van der Waals surface area (Å²) in [5.74, 6) is 5.64. The molecule has 0 saturated heterocycles. The van der Waals surface area contributed by atoms with E-state index in [9.17, 15) is 8.42 Å². The van der Waals surface area contributed by atoms with E-state index in [-0.39, 0.29) is 18.4 Å². The van der Waals surface area contributed by atoms with E-state index in [0.717, 1.165) is 12.8 Å². The van der Waals surface area contributed by atoms with Crippen molar-refractivity contribution >= 4 is 16.0 Å². The van der Waals surface area contributed by atoms with Crippen molar-refractivity contribution in [3.8, 4) is 11.8 Å². The van der Waals surface area contributed by atoms with Crippen LogP contribution in [0.15, 0.2) is 18.2 Å². The molecule has 7 heteroatoms. The maximum Gasteiger partial charge on any atom is 0.300 e. The van der Waals surface area contributed by atoms with Gasteiger partial charge in [0.2, 0.25) is 0 Å². The first-order chi connectivity index (χ1) is 8.59. The molecule has 1 fully saturated rings. The molecule has 1 aliphatic rings. The molecule has 1 saturated carbocycles. The van der Waals surface area contributed by atoms with Gasteiger partial charge in [0.05, 0.1) is 6.54 Å². The number of anilines is 1. The minimum atomic E-state index is -3.54. The van der Waals surface area contributed by atoms with Gasteiger partial charge in [-0.25, -0.2) is 4.98 Å². The normalized spacial score (nSPS) is 14.7. The van der Waals surface area contributed by atoms with Crippen LogP contribution in [0.5, 0.6) is 0 Å². The lowest BCUT2D eigenvalue weighted by atomic mass is 10.3. The van der Waals surface area contributed by atoms with Gasteiger partial charge in [0, 0.05) is 6.04 Å². The van der Waals surface area contributed by atoms with E-state index < -0.39 is 10.2 Å². The van der Waals surface area contributed by atoms with Crippen LogP contribution in [0, 0.1) is 11.8 Å². The third-order valence-corrected chi connectivity index (χ3v) is 3.33. The number of hydrogen-bond acceptors (Lipinski definition) is 4. The van der Waals surface area contributed by atoms with Gasteiger partial charge >= 0.3 is 10.2 Å². The topological polar surface area (TPSA) is 97.1 Å². The van der Waals surface area contributed by atoms with Gasteiger partial charge in [-0.3, -0.25) is 4.72 Å². The lowest BCUT2D eigenvalue weighted by molar-refractivity contribution is 0.586. The van der Waals surface area contributed by atoms with Gasteiger partial charge in [-0.05, 0) is 30.9 Å². The lowest BCUT2D eigenvalue weighted by Crippen LogP contribution is -2.32. The zero-order valence-corrected chi connectivity index (χ0v) is 10.5. The molecule has 1 aromatic rings. The second kappa shape index (κ2) is 5.35. The molecule has 6 nitrogen and oxygen atoms in total. The molecule has 0 aromatic carbocycles. The first-order valence-corrected chi connectivity index (χ1v) is 7.03. The molecule has 0 aliphatic heterocycles. The molecule has 96 valence electrons. The summed E-state index contributed by atoms with van der Waals surface area (Å²) < 4.78 is 28.2. The van der Waals surface area contributed by atoms with Crippen LogP contribution in [0.1, 0.15) is 18.5 Å². The van der Waals surface area contributed by atoms with Gasteiger partial charge < -0.3 is 5.73 Å². The van der Waals surface area contributed by atoms with Crippen LogP contribution >= 0.6 is 0 Å². The van der Waals surface area contributed by atoms with E-state index in [1.54, 1.807) is 18.2 Å². The summed E-state index contributed by atoms with van der Waals surface area (Å²) in [5.41, 5.74) is 5.73. The predicted octanol–water partition coefficient (Wildman–Crippen LogP) is -0.200. The fourth-order valence-electron chi connectivity index (χ4n) is 1.29. The zero-order valence-electron chi connectivity index (χ0n) is 9.68. The third kappa shape index (κ3) is 4.00. The van der Waals surface area contributed by atoms with E-state index in [2.05, 4.69) is 26.3 Å². The smallest absolute Gasteiger partial charge is 0.300 e. The Morgan fingerprint density at radius 2 is 2.22 bits per heavy atom. The Kier molecular flexibility index (Phi) is 3.81. The van der Waals surface area contributed by atoms with Crippen molar-refractivity contribution in [2.24, 2.45) is 5.73 Å². The van der Waals surface area contributed by atoms with Crippen molar-refractivity contribution < 1.29 is 8.42 Å². The van der Waals surface area contributed by atoms with Gasteiger partial charge in [0.25, 0.3) is 0 Å². The fourth-order valence-corrected chi connectivity index (χ4v) is 2.41. The fraction of sp³-hybridized carbons (Fsp3) is 0.364. The largest absolute Gasteiger partial charge is 0.320 e. The lowest BCUT2D eigenvalue weighted by Gasteiger charge is -2.07. The first-order valence-electron chi connectivity index (χ1n) is 5.55. The highest BCUT2D eigenvalue weighted by Gasteiger charge is 2.26. The number of nitrogens with two attached hydrogens (primary N) is 1. The molecule has 0 unspecified atom stereocenters. The quantitative estimate of drug-likeness (QED) is 0.657. The Hall–Kier alpha value is -1.62. The zero-order chi connectivity index (χ0) is 13.0. The van der Waals surface area contributed by atoms with Gasteiger partial charge in [0.15, 0.2) is 0 Å². The molecule has 1 aliphatic carbocycles. The highest BCUT2D eigenvalue weighted by Crippen LogP contribution is 2.20. The van der Waals surface area contributed by atoms with Gasteiger partial charge in [-0.1, -0.05) is 12.0 Å². The van der Waals surface area contributed by atoms with Crippen LogP contribution < -0.4 is 15.2 Å².